The van der Waals surface area contributed by atoms with Crippen molar-refractivity contribution in [1.29, 1.82) is 0 Å². The summed E-state index contributed by atoms with van der Waals surface area (Å²) in [5.74, 6) is -1.77. The van der Waals surface area contributed by atoms with Gasteiger partial charge in [-0.15, -0.1) is 0 Å². The van der Waals surface area contributed by atoms with Crippen molar-refractivity contribution < 1.29 is 25.2 Å². The van der Waals surface area contributed by atoms with Crippen LogP contribution in [0, 0.1) is 5.82 Å². The van der Waals surface area contributed by atoms with E-state index in [4.69, 9.17) is 11.6 Å². The summed E-state index contributed by atoms with van der Waals surface area (Å²) in [6, 6.07) is 1.66. The first-order valence-corrected chi connectivity index (χ1v) is 10.3. The van der Waals surface area contributed by atoms with Crippen molar-refractivity contribution in [1.82, 2.24) is 25.3 Å². The number of hydrogen-bond acceptors (Lipinski definition) is 5. The van der Waals surface area contributed by atoms with Gasteiger partial charge in [0, 0.05) is 26.2 Å². The second-order valence-corrected chi connectivity index (χ2v) is 8.14. The van der Waals surface area contributed by atoms with Crippen molar-refractivity contribution in [3.8, 4) is 11.4 Å². The standard InChI is InChI=1S/C20H19ClF4N6O.2H2/c21-11-6-12-13(8-27-15(12)26-7-11)16-28-9-14(22)17(30-16)31-19(4-2-1-3-5-19)18(32)29-10-20(23,24)25;;/h6-9H,1-5,10H2,(H,26,27)(H,29,32)(H,28,30,31);2*1H. The lowest BCUT2D eigenvalue weighted by molar-refractivity contribution is -0.141. The molecule has 0 saturated heterocycles. The van der Waals surface area contributed by atoms with Crippen LogP contribution in [0.5, 0.6) is 0 Å². The molecule has 1 saturated carbocycles. The molecule has 3 N–H and O–H groups in total. The predicted molar refractivity (Wildman–Crippen MR) is 115 cm³/mol. The number of nitrogens with one attached hydrogen (secondary N) is 3. The van der Waals surface area contributed by atoms with Crippen LogP contribution in [-0.2, 0) is 4.79 Å². The molecule has 4 rings (SSSR count). The van der Waals surface area contributed by atoms with E-state index >= 15 is 0 Å². The normalized spacial score (nSPS) is 16.2. The van der Waals surface area contributed by atoms with E-state index in [1.165, 1.54) is 6.20 Å². The highest BCUT2D eigenvalue weighted by Crippen LogP contribution is 2.34. The van der Waals surface area contributed by atoms with Gasteiger partial charge in [0.1, 0.15) is 17.7 Å². The molecular weight excluding hydrogens is 452 g/mol. The molecule has 0 bridgehead atoms. The Balaban J connectivity index is 0.00000204. The fraction of sp³-hybridized carbons (Fsp3) is 0.400. The Labute approximate surface area is 188 Å². The number of nitrogens with zero attached hydrogens (tertiary/aromatic N) is 3. The Hall–Kier alpha value is -2.95. The van der Waals surface area contributed by atoms with E-state index in [2.05, 4.69) is 25.3 Å². The van der Waals surface area contributed by atoms with Crippen LogP contribution in [0.25, 0.3) is 22.4 Å². The van der Waals surface area contributed by atoms with Crippen LogP contribution in [0.15, 0.2) is 24.7 Å². The quantitative estimate of drug-likeness (QED) is 0.447. The summed E-state index contributed by atoms with van der Waals surface area (Å²) in [5, 5.41) is 5.73. The minimum atomic E-state index is -4.55. The Morgan fingerprint density at radius 1 is 1.22 bits per heavy atom. The number of fused-ring (bicyclic) bond motifs is 1. The Bertz CT molecular complexity index is 1150. The van der Waals surface area contributed by atoms with Crippen LogP contribution in [0.2, 0.25) is 5.02 Å². The molecule has 0 aliphatic heterocycles. The molecule has 0 aromatic carbocycles. The van der Waals surface area contributed by atoms with E-state index in [0.717, 1.165) is 12.6 Å². The van der Waals surface area contributed by atoms with Crippen molar-refractivity contribution in [2.45, 2.75) is 43.8 Å². The number of aromatic nitrogens is 4. The molecule has 32 heavy (non-hydrogen) atoms. The molecule has 3 aromatic rings. The van der Waals surface area contributed by atoms with Gasteiger partial charge < -0.3 is 15.6 Å². The number of rotatable bonds is 5. The summed E-state index contributed by atoms with van der Waals surface area (Å²) in [7, 11) is 0. The summed E-state index contributed by atoms with van der Waals surface area (Å²) in [6.07, 6.45) is 2.01. The number of hydrogen-bond donors (Lipinski definition) is 3. The highest BCUT2D eigenvalue weighted by atomic mass is 35.5. The number of carbonyl (C=O) groups excluding carboxylic acids is 1. The van der Waals surface area contributed by atoms with Gasteiger partial charge in [0.05, 0.1) is 11.2 Å². The first-order valence-electron chi connectivity index (χ1n) is 9.96. The number of halogens is 5. The minimum Gasteiger partial charge on any atom is -0.353 e. The summed E-state index contributed by atoms with van der Waals surface area (Å²) in [6.45, 7) is -1.46. The van der Waals surface area contributed by atoms with E-state index in [1.54, 1.807) is 12.3 Å². The number of carbonyl (C=O) groups is 1. The minimum absolute atomic E-state index is 0. The zero-order valence-corrected chi connectivity index (χ0v) is 17.4. The third-order valence-electron chi connectivity index (χ3n) is 5.43. The highest BCUT2D eigenvalue weighted by Gasteiger charge is 2.42. The van der Waals surface area contributed by atoms with Gasteiger partial charge in [-0.1, -0.05) is 30.9 Å². The molecule has 0 spiro atoms. The molecule has 12 heteroatoms. The molecule has 1 aliphatic carbocycles. The number of aromatic amines is 1. The topological polar surface area (TPSA) is 95.6 Å². The van der Waals surface area contributed by atoms with Crippen molar-refractivity contribution in [3.63, 3.8) is 0 Å². The van der Waals surface area contributed by atoms with E-state index in [0.29, 0.717) is 34.5 Å². The van der Waals surface area contributed by atoms with E-state index < -0.39 is 30.0 Å². The molecule has 7 nitrogen and oxygen atoms in total. The Kier molecular flexibility index (Phi) is 5.93. The summed E-state index contributed by atoms with van der Waals surface area (Å²) in [4.78, 5) is 28.1. The first kappa shape index (κ1) is 22.3. The van der Waals surface area contributed by atoms with Crippen molar-refractivity contribution in [2.75, 3.05) is 11.9 Å². The number of anilines is 1. The molecule has 1 aliphatic rings. The molecule has 174 valence electrons. The zero-order valence-electron chi connectivity index (χ0n) is 16.7. The molecule has 3 aromatic heterocycles. The second-order valence-electron chi connectivity index (χ2n) is 7.71. The molecule has 0 unspecified atom stereocenters. The zero-order chi connectivity index (χ0) is 22.9. The van der Waals surface area contributed by atoms with Gasteiger partial charge in [0.15, 0.2) is 17.5 Å². The Morgan fingerprint density at radius 3 is 2.69 bits per heavy atom. The fourth-order valence-corrected chi connectivity index (χ4v) is 4.05. The van der Waals surface area contributed by atoms with E-state index in [1.807, 2.05) is 5.32 Å². The average Bonchev–Trinajstić information content (AvgIpc) is 3.17. The number of alkyl halides is 3. The lowest BCUT2D eigenvalue weighted by Gasteiger charge is -2.37. The second kappa shape index (κ2) is 8.53. The third-order valence-corrected chi connectivity index (χ3v) is 5.64. The van der Waals surface area contributed by atoms with Crippen molar-refractivity contribution in [2.24, 2.45) is 0 Å². The maximum absolute atomic E-state index is 14.6. The highest BCUT2D eigenvalue weighted by molar-refractivity contribution is 6.31. The van der Waals surface area contributed by atoms with Gasteiger partial charge in [-0.05, 0) is 18.9 Å². The van der Waals surface area contributed by atoms with Gasteiger partial charge in [-0.25, -0.2) is 19.3 Å². The summed E-state index contributed by atoms with van der Waals surface area (Å²) in [5.41, 5.74) is -0.361. The van der Waals surface area contributed by atoms with Crippen LogP contribution < -0.4 is 10.6 Å². The molecule has 0 radical (unpaired) electrons. The van der Waals surface area contributed by atoms with Crippen LogP contribution in [0.3, 0.4) is 0 Å². The Morgan fingerprint density at radius 2 is 1.97 bits per heavy atom. The molecule has 1 fully saturated rings. The van der Waals surface area contributed by atoms with Gasteiger partial charge in [0.25, 0.3) is 0 Å². The van der Waals surface area contributed by atoms with Crippen LogP contribution in [0.1, 0.15) is 35.0 Å². The first-order chi connectivity index (χ1) is 15.2. The van der Waals surface area contributed by atoms with Crippen LogP contribution in [-0.4, -0.2) is 44.1 Å². The van der Waals surface area contributed by atoms with Crippen molar-refractivity contribution in [3.05, 3.63) is 35.5 Å². The molecular formula is C20H23ClF4N6O. The molecule has 3 heterocycles. The van der Waals surface area contributed by atoms with Gasteiger partial charge in [-0.3, -0.25) is 4.79 Å². The number of H-pyrrole nitrogens is 1. The number of amides is 1. The lowest BCUT2D eigenvalue weighted by Crippen LogP contribution is -2.55. The maximum Gasteiger partial charge on any atom is 0.405 e. The monoisotopic (exact) mass is 474 g/mol. The van der Waals surface area contributed by atoms with Crippen LogP contribution in [0.4, 0.5) is 23.4 Å². The van der Waals surface area contributed by atoms with E-state index in [-0.39, 0.29) is 27.3 Å². The van der Waals surface area contributed by atoms with Gasteiger partial charge in [-0.2, -0.15) is 13.2 Å². The third kappa shape index (κ3) is 4.62. The maximum atomic E-state index is 14.6. The molecule has 1 amide bonds. The summed E-state index contributed by atoms with van der Waals surface area (Å²) < 4.78 is 52.5. The molecule has 0 atom stereocenters. The smallest absolute Gasteiger partial charge is 0.353 e. The van der Waals surface area contributed by atoms with Gasteiger partial charge >= 0.3 is 6.18 Å². The lowest BCUT2D eigenvalue weighted by atomic mass is 9.80. The summed E-state index contributed by atoms with van der Waals surface area (Å²) >= 11 is 6.02. The van der Waals surface area contributed by atoms with Crippen molar-refractivity contribution >= 4 is 34.4 Å². The number of pyridine rings is 1. The fourth-order valence-electron chi connectivity index (χ4n) is 3.89. The predicted octanol–water partition coefficient (Wildman–Crippen LogP) is 5.10. The van der Waals surface area contributed by atoms with E-state index in [9.17, 15) is 22.4 Å². The largest absolute Gasteiger partial charge is 0.405 e. The van der Waals surface area contributed by atoms with Gasteiger partial charge in [0.2, 0.25) is 5.91 Å². The van der Waals surface area contributed by atoms with Crippen LogP contribution >= 0.6 is 11.6 Å². The average molecular weight is 475 g/mol. The SMILES string of the molecule is O=C(NCC(F)(F)F)C1(Nc2nc(-c3c[nH]c4ncc(Cl)cc34)ncc2F)CCCCC1.[HH].[HH].